The molecule has 0 aliphatic heterocycles. The van der Waals surface area contributed by atoms with E-state index in [4.69, 9.17) is 11.0 Å². The molecular weight excluding hydrogens is 171 g/mol. The highest BCUT2D eigenvalue weighted by molar-refractivity contribution is 5.41. The monoisotopic (exact) mass is 180 g/mol. The summed E-state index contributed by atoms with van der Waals surface area (Å²) < 4.78 is 12.6. The predicted octanol–water partition coefficient (Wildman–Crippen LogP) is 1.23. The van der Waals surface area contributed by atoms with Crippen molar-refractivity contribution in [1.29, 1.82) is 5.26 Å². The van der Waals surface area contributed by atoms with Crippen molar-refractivity contribution in [1.82, 2.24) is 0 Å². The van der Waals surface area contributed by atoms with Crippen LogP contribution in [0.3, 0.4) is 0 Å². The van der Waals surface area contributed by atoms with Gasteiger partial charge in [-0.05, 0) is 19.1 Å². The number of benzene rings is 1. The first-order valence-corrected chi connectivity index (χ1v) is 3.66. The lowest BCUT2D eigenvalue weighted by atomic mass is 9.94. The highest BCUT2D eigenvalue weighted by Crippen LogP contribution is 2.26. The van der Waals surface area contributed by atoms with E-state index in [1.165, 1.54) is 13.0 Å². The molecular formula is C9H9FN2O. The fourth-order valence-corrected chi connectivity index (χ4v) is 1.00. The molecule has 0 bridgehead atoms. The molecule has 13 heavy (non-hydrogen) atoms. The van der Waals surface area contributed by atoms with Crippen LogP contribution in [0.5, 0.6) is 5.75 Å². The van der Waals surface area contributed by atoms with Crippen LogP contribution in [-0.2, 0) is 5.54 Å². The molecule has 1 unspecified atom stereocenters. The second kappa shape index (κ2) is 3.04. The zero-order valence-corrected chi connectivity index (χ0v) is 7.08. The summed E-state index contributed by atoms with van der Waals surface area (Å²) in [5.74, 6) is -0.860. The van der Waals surface area contributed by atoms with Crippen LogP contribution in [0, 0.1) is 17.1 Å². The number of hydrogen-bond acceptors (Lipinski definition) is 3. The first-order valence-electron chi connectivity index (χ1n) is 3.66. The highest BCUT2D eigenvalue weighted by atomic mass is 19.1. The van der Waals surface area contributed by atoms with E-state index >= 15 is 0 Å². The third-order valence-electron chi connectivity index (χ3n) is 1.75. The SMILES string of the molecule is CC(N)(C#N)c1ccc(F)cc1O. The lowest BCUT2D eigenvalue weighted by Gasteiger charge is -2.16. The van der Waals surface area contributed by atoms with Crippen LogP contribution in [0.1, 0.15) is 12.5 Å². The molecule has 0 aliphatic rings. The van der Waals surface area contributed by atoms with E-state index < -0.39 is 11.4 Å². The molecule has 0 aromatic heterocycles. The molecule has 0 heterocycles. The maximum atomic E-state index is 12.6. The molecule has 3 nitrogen and oxygen atoms in total. The summed E-state index contributed by atoms with van der Waals surface area (Å²) in [6, 6.07) is 5.19. The molecule has 3 N–H and O–H groups in total. The zero-order valence-electron chi connectivity index (χ0n) is 7.08. The molecule has 1 atom stereocenters. The van der Waals surface area contributed by atoms with Gasteiger partial charge in [0.05, 0.1) is 6.07 Å². The first-order chi connectivity index (χ1) is 5.97. The third-order valence-corrected chi connectivity index (χ3v) is 1.75. The number of rotatable bonds is 1. The van der Waals surface area contributed by atoms with Gasteiger partial charge in [-0.3, -0.25) is 0 Å². The Balaban J connectivity index is 3.26. The van der Waals surface area contributed by atoms with Crippen LogP contribution < -0.4 is 5.73 Å². The Bertz CT molecular complexity index is 368. The number of phenolic OH excluding ortho intramolecular Hbond substituents is 1. The molecule has 0 fully saturated rings. The quantitative estimate of drug-likeness (QED) is 0.682. The molecule has 1 aromatic rings. The largest absolute Gasteiger partial charge is 0.507 e. The van der Waals surface area contributed by atoms with Crippen LogP contribution in [0.4, 0.5) is 4.39 Å². The van der Waals surface area contributed by atoms with Crippen LogP contribution in [0.2, 0.25) is 0 Å². The van der Waals surface area contributed by atoms with Gasteiger partial charge in [0.15, 0.2) is 0 Å². The molecule has 1 rings (SSSR count). The van der Waals surface area contributed by atoms with Gasteiger partial charge in [0, 0.05) is 11.6 Å². The summed E-state index contributed by atoms with van der Waals surface area (Å²) in [4.78, 5) is 0. The van der Waals surface area contributed by atoms with Gasteiger partial charge >= 0.3 is 0 Å². The molecule has 4 heteroatoms. The molecule has 1 aromatic carbocycles. The maximum Gasteiger partial charge on any atom is 0.130 e. The Labute approximate surface area is 75.2 Å². The maximum absolute atomic E-state index is 12.6. The molecule has 0 saturated carbocycles. The average Bonchev–Trinajstić information content (AvgIpc) is 2.03. The number of nitrogens with two attached hydrogens (primary N) is 1. The lowest BCUT2D eigenvalue weighted by molar-refractivity contribution is 0.448. The second-order valence-electron chi connectivity index (χ2n) is 2.98. The minimum absolute atomic E-state index is 0.219. The second-order valence-corrected chi connectivity index (χ2v) is 2.98. The highest BCUT2D eigenvalue weighted by Gasteiger charge is 2.23. The lowest BCUT2D eigenvalue weighted by Crippen LogP contribution is -2.30. The number of nitriles is 1. The van der Waals surface area contributed by atoms with Gasteiger partial charge in [0.2, 0.25) is 0 Å². The molecule has 68 valence electrons. The van der Waals surface area contributed by atoms with Gasteiger partial charge in [-0.25, -0.2) is 4.39 Å². The van der Waals surface area contributed by atoms with Crippen LogP contribution >= 0.6 is 0 Å². The summed E-state index contributed by atoms with van der Waals surface area (Å²) >= 11 is 0. The first kappa shape index (κ1) is 9.49. The Morgan fingerprint density at radius 3 is 2.69 bits per heavy atom. The summed E-state index contributed by atoms with van der Waals surface area (Å²) in [6.45, 7) is 1.44. The predicted molar refractivity (Wildman–Crippen MR) is 45.2 cm³/mol. The molecule has 0 aliphatic carbocycles. The van der Waals surface area contributed by atoms with E-state index in [0.29, 0.717) is 0 Å². The van der Waals surface area contributed by atoms with Crippen molar-refractivity contribution in [2.45, 2.75) is 12.5 Å². The van der Waals surface area contributed by atoms with E-state index in [1.54, 1.807) is 0 Å². The van der Waals surface area contributed by atoms with E-state index in [1.807, 2.05) is 6.07 Å². The van der Waals surface area contributed by atoms with Crippen molar-refractivity contribution in [2.75, 3.05) is 0 Å². The Morgan fingerprint density at radius 2 is 2.23 bits per heavy atom. The van der Waals surface area contributed by atoms with Crippen molar-refractivity contribution < 1.29 is 9.50 Å². The number of aromatic hydroxyl groups is 1. The van der Waals surface area contributed by atoms with Gasteiger partial charge < -0.3 is 10.8 Å². The van der Waals surface area contributed by atoms with Crippen molar-refractivity contribution >= 4 is 0 Å². The summed E-state index contributed by atoms with van der Waals surface area (Å²) in [5.41, 5.74) is 4.47. The van der Waals surface area contributed by atoms with Gasteiger partial charge in [-0.15, -0.1) is 0 Å². The van der Waals surface area contributed by atoms with E-state index in [2.05, 4.69) is 0 Å². The molecule has 0 spiro atoms. The Kier molecular flexibility index (Phi) is 2.22. The third kappa shape index (κ3) is 1.76. The standard InChI is InChI=1S/C9H9FN2O/c1-9(12,5-11)7-3-2-6(10)4-8(7)13/h2-4,13H,12H2,1H3. The van der Waals surface area contributed by atoms with E-state index in [0.717, 1.165) is 12.1 Å². The minimum atomic E-state index is -1.29. The normalized spacial score (nSPS) is 14.6. The fourth-order valence-electron chi connectivity index (χ4n) is 1.00. The molecule has 0 saturated heterocycles. The van der Waals surface area contributed by atoms with Crippen molar-refractivity contribution in [3.05, 3.63) is 29.6 Å². The fraction of sp³-hybridized carbons (Fsp3) is 0.222. The Morgan fingerprint density at radius 1 is 1.62 bits per heavy atom. The topological polar surface area (TPSA) is 70.0 Å². The summed E-state index contributed by atoms with van der Waals surface area (Å²) in [6.07, 6.45) is 0. The number of nitrogens with zero attached hydrogens (tertiary/aromatic N) is 1. The summed E-state index contributed by atoms with van der Waals surface area (Å²) in [5, 5.41) is 17.9. The zero-order chi connectivity index (χ0) is 10.1. The van der Waals surface area contributed by atoms with E-state index in [-0.39, 0.29) is 11.3 Å². The number of halogens is 1. The smallest absolute Gasteiger partial charge is 0.130 e. The van der Waals surface area contributed by atoms with Gasteiger partial charge in [-0.2, -0.15) is 5.26 Å². The Hall–Kier alpha value is -1.60. The minimum Gasteiger partial charge on any atom is -0.507 e. The molecule has 0 amide bonds. The van der Waals surface area contributed by atoms with Crippen LogP contribution in [-0.4, -0.2) is 5.11 Å². The van der Waals surface area contributed by atoms with Crippen molar-refractivity contribution in [3.8, 4) is 11.8 Å². The molecule has 0 radical (unpaired) electrons. The summed E-state index contributed by atoms with van der Waals surface area (Å²) in [7, 11) is 0. The van der Waals surface area contributed by atoms with Gasteiger partial charge in [0.25, 0.3) is 0 Å². The van der Waals surface area contributed by atoms with Crippen molar-refractivity contribution in [3.63, 3.8) is 0 Å². The average molecular weight is 180 g/mol. The van der Waals surface area contributed by atoms with E-state index in [9.17, 15) is 9.50 Å². The van der Waals surface area contributed by atoms with Crippen LogP contribution in [0.25, 0.3) is 0 Å². The van der Waals surface area contributed by atoms with Gasteiger partial charge in [-0.1, -0.05) is 0 Å². The van der Waals surface area contributed by atoms with Crippen molar-refractivity contribution in [2.24, 2.45) is 5.73 Å². The van der Waals surface area contributed by atoms with Gasteiger partial charge in [0.1, 0.15) is 17.1 Å². The number of phenols is 1. The number of hydrogen-bond donors (Lipinski definition) is 2. The van der Waals surface area contributed by atoms with Crippen LogP contribution in [0.15, 0.2) is 18.2 Å².